The van der Waals surface area contributed by atoms with Crippen LogP contribution < -0.4 is 5.32 Å². The van der Waals surface area contributed by atoms with Crippen LogP contribution in [0.3, 0.4) is 0 Å². The number of thiophene rings is 1. The number of aryl methyl sites for hydroxylation is 1. The van der Waals surface area contributed by atoms with Crippen LogP contribution in [0.5, 0.6) is 0 Å². The fraction of sp³-hybridized carbons (Fsp3) is 0.381. The Hall–Kier alpha value is -2.30. The fourth-order valence-electron chi connectivity index (χ4n) is 3.11. The van der Waals surface area contributed by atoms with Crippen molar-refractivity contribution >= 4 is 40.0 Å². The van der Waals surface area contributed by atoms with E-state index >= 15 is 0 Å². The van der Waals surface area contributed by atoms with Crippen molar-refractivity contribution in [2.75, 3.05) is 11.1 Å². The molecule has 0 aliphatic heterocycles. The van der Waals surface area contributed by atoms with Crippen molar-refractivity contribution in [3.8, 4) is 6.07 Å². The highest BCUT2D eigenvalue weighted by atomic mass is 32.2. The van der Waals surface area contributed by atoms with Gasteiger partial charge < -0.3 is 10.1 Å². The van der Waals surface area contributed by atoms with Crippen molar-refractivity contribution in [2.24, 2.45) is 0 Å². The Balaban J connectivity index is 1.57. The lowest BCUT2D eigenvalue weighted by Gasteiger charge is -2.13. The largest absolute Gasteiger partial charge is 0.452 e. The smallest absolute Gasteiger partial charge is 0.317 e. The van der Waals surface area contributed by atoms with Crippen LogP contribution in [0.4, 0.5) is 5.00 Å². The van der Waals surface area contributed by atoms with E-state index in [1.165, 1.54) is 34.4 Å². The average molecular weight is 415 g/mol. The zero-order valence-corrected chi connectivity index (χ0v) is 17.3. The first-order valence-electron chi connectivity index (χ1n) is 9.31. The molecule has 0 saturated carbocycles. The Morgan fingerprint density at radius 3 is 2.75 bits per heavy atom. The van der Waals surface area contributed by atoms with Gasteiger partial charge in [-0.15, -0.1) is 23.1 Å². The van der Waals surface area contributed by atoms with Crippen LogP contribution >= 0.6 is 23.1 Å². The summed E-state index contributed by atoms with van der Waals surface area (Å²) in [6.07, 6.45) is 4.26. The molecule has 1 atom stereocenters. The van der Waals surface area contributed by atoms with Crippen LogP contribution in [0.25, 0.3) is 0 Å². The molecule has 1 amide bonds. The minimum absolute atomic E-state index is 0.137. The first-order valence-corrected chi connectivity index (χ1v) is 11.1. The zero-order valence-electron chi connectivity index (χ0n) is 15.7. The fourth-order valence-corrected chi connectivity index (χ4v) is 5.05. The number of nitriles is 1. The lowest BCUT2D eigenvalue weighted by molar-refractivity contribution is -0.150. The molecule has 1 aromatic heterocycles. The monoisotopic (exact) mass is 414 g/mol. The van der Waals surface area contributed by atoms with Crippen LogP contribution in [0.2, 0.25) is 0 Å². The van der Waals surface area contributed by atoms with E-state index in [4.69, 9.17) is 4.74 Å². The minimum Gasteiger partial charge on any atom is -0.452 e. The Bertz CT molecular complexity index is 887. The van der Waals surface area contributed by atoms with Crippen LogP contribution in [0.15, 0.2) is 35.2 Å². The second-order valence-corrected chi connectivity index (χ2v) is 8.76. The summed E-state index contributed by atoms with van der Waals surface area (Å²) in [5.41, 5.74) is 1.64. The van der Waals surface area contributed by atoms with Crippen molar-refractivity contribution in [3.63, 3.8) is 0 Å². The Kier molecular flexibility index (Phi) is 7.12. The Morgan fingerprint density at radius 1 is 1.25 bits per heavy atom. The van der Waals surface area contributed by atoms with Crippen LogP contribution in [0.1, 0.15) is 42.2 Å². The number of nitrogens with zero attached hydrogens (tertiary/aromatic N) is 1. The number of nitrogens with one attached hydrogen (secondary N) is 1. The molecule has 0 unspecified atom stereocenters. The third-order valence-corrected chi connectivity index (χ3v) is 6.74. The van der Waals surface area contributed by atoms with Gasteiger partial charge in [-0.1, -0.05) is 24.6 Å². The molecular formula is C21H22N2O3S2. The first-order chi connectivity index (χ1) is 13.6. The number of carbonyl (C=O) groups excluding carboxylic acids is 2. The number of rotatable bonds is 6. The highest BCUT2D eigenvalue weighted by Crippen LogP contribution is 2.37. The number of carbonyl (C=O) groups is 2. The summed E-state index contributed by atoms with van der Waals surface area (Å²) >= 11 is 2.84. The number of hydrogen-bond acceptors (Lipinski definition) is 6. The van der Waals surface area contributed by atoms with Gasteiger partial charge in [-0.05, 0) is 50.3 Å². The van der Waals surface area contributed by atoms with E-state index in [-0.39, 0.29) is 5.75 Å². The number of esters is 1. The van der Waals surface area contributed by atoms with Gasteiger partial charge in [-0.25, -0.2) is 0 Å². The molecular weight excluding hydrogens is 392 g/mol. The molecule has 28 heavy (non-hydrogen) atoms. The van der Waals surface area contributed by atoms with Gasteiger partial charge in [0.25, 0.3) is 5.91 Å². The lowest BCUT2D eigenvalue weighted by Crippen LogP contribution is -2.30. The maximum Gasteiger partial charge on any atom is 0.317 e. The van der Waals surface area contributed by atoms with E-state index in [9.17, 15) is 14.9 Å². The average Bonchev–Trinajstić information content (AvgIpc) is 2.86. The number of ether oxygens (including phenoxy) is 1. The minimum atomic E-state index is -0.919. The van der Waals surface area contributed by atoms with Crippen LogP contribution in [-0.4, -0.2) is 23.7 Å². The van der Waals surface area contributed by atoms with Gasteiger partial charge in [0.05, 0.1) is 11.3 Å². The predicted molar refractivity (Wildman–Crippen MR) is 112 cm³/mol. The van der Waals surface area contributed by atoms with Crippen LogP contribution in [-0.2, 0) is 27.2 Å². The van der Waals surface area contributed by atoms with Crippen molar-refractivity contribution < 1.29 is 14.3 Å². The molecule has 1 N–H and O–H groups in total. The second-order valence-electron chi connectivity index (χ2n) is 6.60. The molecule has 1 aliphatic rings. The van der Waals surface area contributed by atoms with Gasteiger partial charge in [0.15, 0.2) is 6.10 Å². The van der Waals surface area contributed by atoms with E-state index in [2.05, 4.69) is 11.4 Å². The summed E-state index contributed by atoms with van der Waals surface area (Å²) in [5.74, 6) is -0.719. The molecule has 0 saturated heterocycles. The number of benzene rings is 1. The highest BCUT2D eigenvalue weighted by molar-refractivity contribution is 8.00. The molecule has 1 aromatic carbocycles. The van der Waals surface area contributed by atoms with E-state index in [1.807, 2.05) is 30.3 Å². The summed E-state index contributed by atoms with van der Waals surface area (Å²) in [6.45, 7) is 1.55. The number of fused-ring (bicyclic) bond motifs is 1. The molecule has 1 aliphatic carbocycles. The van der Waals surface area contributed by atoms with Crippen molar-refractivity contribution in [1.29, 1.82) is 5.26 Å². The molecule has 0 bridgehead atoms. The Labute approximate surface area is 173 Å². The molecule has 0 fully saturated rings. The van der Waals surface area contributed by atoms with Crippen molar-refractivity contribution in [1.82, 2.24) is 0 Å². The van der Waals surface area contributed by atoms with Crippen LogP contribution in [0, 0.1) is 11.3 Å². The van der Waals surface area contributed by atoms with Gasteiger partial charge >= 0.3 is 5.97 Å². The first kappa shape index (κ1) is 20.4. The topological polar surface area (TPSA) is 79.2 Å². The molecule has 0 radical (unpaired) electrons. The number of amides is 1. The predicted octanol–water partition coefficient (Wildman–Crippen LogP) is 4.55. The summed E-state index contributed by atoms with van der Waals surface area (Å²) in [5, 5.41) is 12.9. The lowest BCUT2D eigenvalue weighted by atomic mass is 10.1. The van der Waals surface area contributed by atoms with Crippen molar-refractivity contribution in [3.05, 3.63) is 46.3 Å². The third-order valence-electron chi connectivity index (χ3n) is 4.55. The van der Waals surface area contributed by atoms with Gasteiger partial charge in [0.2, 0.25) is 0 Å². The van der Waals surface area contributed by atoms with Gasteiger partial charge in [0.1, 0.15) is 11.1 Å². The van der Waals surface area contributed by atoms with E-state index < -0.39 is 18.0 Å². The third kappa shape index (κ3) is 5.15. The highest BCUT2D eigenvalue weighted by Gasteiger charge is 2.24. The van der Waals surface area contributed by atoms with Crippen molar-refractivity contribution in [2.45, 2.75) is 50.0 Å². The molecule has 7 heteroatoms. The maximum atomic E-state index is 12.5. The molecule has 1 heterocycles. The Morgan fingerprint density at radius 2 is 2.00 bits per heavy atom. The standard InChI is InChI=1S/C21H22N2O3S2/c1-14(26-19(24)13-27-15-8-4-2-5-9-15)20(25)23-21-17(12-22)16-10-6-3-7-11-18(16)28-21/h2,4-5,8-9,14H,3,6-7,10-11,13H2,1H3,(H,23,25)/t14-/m0/s1. The SMILES string of the molecule is C[C@H](OC(=O)CSc1ccccc1)C(=O)Nc1sc2c(c1C#N)CCCCC2. The van der Waals surface area contributed by atoms with E-state index in [0.717, 1.165) is 36.1 Å². The summed E-state index contributed by atoms with van der Waals surface area (Å²) < 4.78 is 5.25. The zero-order chi connectivity index (χ0) is 19.9. The number of hydrogen-bond donors (Lipinski definition) is 1. The maximum absolute atomic E-state index is 12.5. The van der Waals surface area contributed by atoms with Gasteiger partial charge in [-0.2, -0.15) is 5.26 Å². The molecule has 5 nitrogen and oxygen atoms in total. The van der Waals surface area contributed by atoms with Gasteiger partial charge in [-0.3, -0.25) is 9.59 Å². The second kappa shape index (κ2) is 9.76. The molecule has 0 spiro atoms. The summed E-state index contributed by atoms with van der Waals surface area (Å²) in [7, 11) is 0. The van der Waals surface area contributed by atoms with E-state index in [1.54, 1.807) is 6.92 Å². The number of anilines is 1. The quantitative estimate of drug-likeness (QED) is 0.426. The normalized spacial score (nSPS) is 14.3. The van der Waals surface area contributed by atoms with Gasteiger partial charge in [0, 0.05) is 9.77 Å². The molecule has 2 aromatic rings. The number of thioether (sulfide) groups is 1. The summed E-state index contributed by atoms with van der Waals surface area (Å²) in [6, 6.07) is 11.8. The molecule has 3 rings (SSSR count). The van der Waals surface area contributed by atoms with E-state index in [0.29, 0.717) is 10.6 Å². The molecule has 146 valence electrons. The summed E-state index contributed by atoms with van der Waals surface area (Å²) in [4.78, 5) is 26.7.